The maximum atomic E-state index is 12.2. The summed E-state index contributed by atoms with van der Waals surface area (Å²) in [6.45, 7) is 4.70. The lowest BCUT2D eigenvalue weighted by Crippen LogP contribution is -2.13. The summed E-state index contributed by atoms with van der Waals surface area (Å²) < 4.78 is 20.6. The highest BCUT2D eigenvalue weighted by molar-refractivity contribution is 5.97. The van der Waals surface area contributed by atoms with E-state index in [-0.39, 0.29) is 49.6 Å². The van der Waals surface area contributed by atoms with E-state index >= 15 is 0 Å². The minimum Gasteiger partial charge on any atom is -0.466 e. The highest BCUT2D eigenvalue weighted by Gasteiger charge is 2.10. The van der Waals surface area contributed by atoms with Gasteiger partial charge in [-0.25, -0.2) is 0 Å². The van der Waals surface area contributed by atoms with E-state index in [4.69, 9.17) is 18.9 Å². The van der Waals surface area contributed by atoms with Crippen molar-refractivity contribution >= 4 is 23.5 Å². The second kappa shape index (κ2) is 15.5. The second-order valence-corrected chi connectivity index (χ2v) is 7.66. The SMILES string of the molecule is CCOC(=O)Cc1ccc(C(=O)COCCCOCC(=O)c2ccc(CC(=O)OCC)cc2)cc1. The Balaban J connectivity index is 1.59. The summed E-state index contributed by atoms with van der Waals surface area (Å²) in [5, 5.41) is 0. The molecule has 2 rings (SSSR count). The van der Waals surface area contributed by atoms with Crippen molar-refractivity contribution in [2.45, 2.75) is 33.1 Å². The molecule has 0 heterocycles. The third kappa shape index (κ3) is 10.6. The highest BCUT2D eigenvalue weighted by Crippen LogP contribution is 2.09. The Morgan fingerprint density at radius 2 is 0.971 bits per heavy atom. The molecule has 0 radical (unpaired) electrons. The van der Waals surface area contributed by atoms with Gasteiger partial charge in [-0.3, -0.25) is 19.2 Å². The van der Waals surface area contributed by atoms with E-state index < -0.39 is 0 Å². The lowest BCUT2D eigenvalue weighted by atomic mass is 10.1. The van der Waals surface area contributed by atoms with Gasteiger partial charge in [0.1, 0.15) is 13.2 Å². The Morgan fingerprint density at radius 3 is 1.31 bits per heavy atom. The number of hydrogen-bond acceptors (Lipinski definition) is 8. The molecule has 35 heavy (non-hydrogen) atoms. The van der Waals surface area contributed by atoms with Gasteiger partial charge in [-0.15, -0.1) is 0 Å². The molecule has 2 aromatic rings. The molecule has 0 spiro atoms. The molecule has 0 aliphatic heterocycles. The van der Waals surface area contributed by atoms with Crippen LogP contribution in [0, 0.1) is 0 Å². The van der Waals surface area contributed by atoms with Gasteiger partial charge >= 0.3 is 11.9 Å². The standard InChI is InChI=1S/C27H32O8/c1-3-34-26(30)16-20-6-10-22(11-7-20)24(28)18-32-14-5-15-33-19-25(29)23-12-8-21(9-13-23)17-27(31)35-4-2/h6-13H,3-5,14-19H2,1-2H3. The number of carbonyl (C=O) groups is 4. The first-order chi connectivity index (χ1) is 16.9. The predicted molar refractivity (Wildman–Crippen MR) is 128 cm³/mol. The van der Waals surface area contributed by atoms with Gasteiger partial charge in [0.2, 0.25) is 0 Å². The summed E-state index contributed by atoms with van der Waals surface area (Å²) >= 11 is 0. The van der Waals surface area contributed by atoms with Gasteiger partial charge in [-0.05, 0) is 31.4 Å². The molecule has 8 heteroatoms. The van der Waals surface area contributed by atoms with Crippen LogP contribution in [0.15, 0.2) is 48.5 Å². The van der Waals surface area contributed by atoms with Crippen molar-refractivity contribution in [3.63, 3.8) is 0 Å². The van der Waals surface area contributed by atoms with E-state index in [1.807, 2.05) is 0 Å². The molecule has 0 saturated heterocycles. The molecule has 0 atom stereocenters. The maximum Gasteiger partial charge on any atom is 0.310 e. The van der Waals surface area contributed by atoms with Crippen LogP contribution in [-0.2, 0) is 41.4 Å². The fourth-order valence-electron chi connectivity index (χ4n) is 3.13. The molecule has 0 saturated carbocycles. The number of ketones is 2. The van der Waals surface area contributed by atoms with E-state index in [1.165, 1.54) is 0 Å². The lowest BCUT2D eigenvalue weighted by Gasteiger charge is -2.07. The summed E-state index contributed by atoms with van der Waals surface area (Å²) in [6.07, 6.45) is 0.877. The summed E-state index contributed by atoms with van der Waals surface area (Å²) in [5.41, 5.74) is 2.57. The fraction of sp³-hybridized carbons (Fsp3) is 0.407. The van der Waals surface area contributed by atoms with Gasteiger partial charge < -0.3 is 18.9 Å². The first kappa shape index (κ1) is 27.9. The van der Waals surface area contributed by atoms with Crippen LogP contribution < -0.4 is 0 Å². The fourth-order valence-corrected chi connectivity index (χ4v) is 3.13. The quantitative estimate of drug-likeness (QED) is 0.203. The average Bonchev–Trinajstić information content (AvgIpc) is 2.84. The largest absolute Gasteiger partial charge is 0.466 e. The Morgan fingerprint density at radius 1 is 0.600 bits per heavy atom. The van der Waals surface area contributed by atoms with Gasteiger partial charge in [0.25, 0.3) is 0 Å². The molecule has 8 nitrogen and oxygen atoms in total. The Labute approximate surface area is 205 Å². The summed E-state index contributed by atoms with van der Waals surface area (Å²) in [4.78, 5) is 47.4. The molecule has 0 aliphatic carbocycles. The summed E-state index contributed by atoms with van der Waals surface area (Å²) in [6, 6.07) is 13.6. The number of benzene rings is 2. The lowest BCUT2D eigenvalue weighted by molar-refractivity contribution is -0.143. The topological polar surface area (TPSA) is 105 Å². The van der Waals surface area contributed by atoms with Crippen molar-refractivity contribution in [3.05, 3.63) is 70.8 Å². The van der Waals surface area contributed by atoms with E-state index in [9.17, 15) is 19.2 Å². The second-order valence-electron chi connectivity index (χ2n) is 7.66. The smallest absolute Gasteiger partial charge is 0.310 e. The summed E-state index contributed by atoms with van der Waals surface area (Å²) in [5.74, 6) is -0.920. The van der Waals surface area contributed by atoms with Gasteiger partial charge in [0.15, 0.2) is 11.6 Å². The molecule has 0 N–H and O–H groups in total. The zero-order valence-electron chi connectivity index (χ0n) is 20.2. The first-order valence-corrected chi connectivity index (χ1v) is 11.6. The van der Waals surface area contributed by atoms with Crippen LogP contribution >= 0.6 is 0 Å². The molecule has 0 amide bonds. The zero-order chi connectivity index (χ0) is 25.5. The maximum absolute atomic E-state index is 12.2. The number of hydrogen-bond donors (Lipinski definition) is 0. The third-order valence-corrected chi connectivity index (χ3v) is 4.90. The minimum absolute atomic E-state index is 0.0612. The van der Waals surface area contributed by atoms with Gasteiger partial charge in [-0.1, -0.05) is 48.5 Å². The number of Topliss-reactive ketones (excluding diaryl/α,β-unsaturated/α-hetero) is 2. The molecule has 0 bridgehead atoms. The van der Waals surface area contributed by atoms with Gasteiger partial charge in [0, 0.05) is 24.3 Å². The molecule has 0 aromatic heterocycles. The Hall–Kier alpha value is -3.36. The first-order valence-electron chi connectivity index (χ1n) is 11.6. The number of ether oxygens (including phenoxy) is 4. The third-order valence-electron chi connectivity index (χ3n) is 4.90. The van der Waals surface area contributed by atoms with Crippen LogP contribution in [0.5, 0.6) is 0 Å². The van der Waals surface area contributed by atoms with E-state index in [1.54, 1.807) is 62.4 Å². The van der Waals surface area contributed by atoms with E-state index in [0.29, 0.717) is 44.0 Å². The van der Waals surface area contributed by atoms with E-state index in [0.717, 1.165) is 11.1 Å². The van der Waals surface area contributed by atoms with Gasteiger partial charge in [0.05, 0.1) is 26.1 Å². The molecule has 188 valence electrons. The predicted octanol–water partition coefficient (Wildman–Crippen LogP) is 3.39. The molecule has 0 unspecified atom stereocenters. The van der Waals surface area contributed by atoms with Gasteiger partial charge in [-0.2, -0.15) is 0 Å². The van der Waals surface area contributed by atoms with Crippen molar-refractivity contribution in [2.75, 3.05) is 39.6 Å². The van der Waals surface area contributed by atoms with Crippen LogP contribution in [0.1, 0.15) is 52.1 Å². The Bertz CT molecular complexity index is 884. The van der Waals surface area contributed by atoms with Crippen LogP contribution in [0.25, 0.3) is 0 Å². The van der Waals surface area contributed by atoms with Crippen molar-refractivity contribution in [3.8, 4) is 0 Å². The molecular weight excluding hydrogens is 452 g/mol. The van der Waals surface area contributed by atoms with E-state index in [2.05, 4.69) is 0 Å². The highest BCUT2D eigenvalue weighted by atomic mass is 16.5. The zero-order valence-corrected chi connectivity index (χ0v) is 20.2. The molecular formula is C27H32O8. The number of rotatable bonds is 16. The van der Waals surface area contributed by atoms with Crippen LogP contribution in [-0.4, -0.2) is 63.1 Å². The normalized spacial score (nSPS) is 10.6. The molecule has 0 aliphatic rings. The van der Waals surface area contributed by atoms with Crippen molar-refractivity contribution in [1.29, 1.82) is 0 Å². The average molecular weight is 485 g/mol. The van der Waals surface area contributed by atoms with Crippen molar-refractivity contribution < 1.29 is 38.1 Å². The monoisotopic (exact) mass is 484 g/mol. The summed E-state index contributed by atoms with van der Waals surface area (Å²) in [7, 11) is 0. The van der Waals surface area contributed by atoms with Crippen LogP contribution in [0.2, 0.25) is 0 Å². The Kier molecular flexibility index (Phi) is 12.4. The molecule has 0 fully saturated rings. The van der Waals surface area contributed by atoms with Crippen molar-refractivity contribution in [1.82, 2.24) is 0 Å². The molecule has 2 aromatic carbocycles. The number of carbonyl (C=O) groups excluding carboxylic acids is 4. The van der Waals surface area contributed by atoms with Crippen LogP contribution in [0.3, 0.4) is 0 Å². The number of esters is 2. The van der Waals surface area contributed by atoms with Crippen molar-refractivity contribution in [2.24, 2.45) is 0 Å². The van der Waals surface area contributed by atoms with Crippen LogP contribution in [0.4, 0.5) is 0 Å². The minimum atomic E-state index is -0.303.